The molecule has 2 aromatic carbocycles. The first-order valence-electron chi connectivity index (χ1n) is 6.50. The van der Waals surface area contributed by atoms with Gasteiger partial charge < -0.3 is 21.0 Å². The molecule has 0 spiro atoms. The minimum absolute atomic E-state index is 0.322. The van der Waals surface area contributed by atoms with E-state index < -0.39 is 11.7 Å². The first-order chi connectivity index (χ1) is 11.0. The molecule has 2 aromatic rings. The highest BCUT2D eigenvalue weighted by Gasteiger charge is 2.12. The van der Waals surface area contributed by atoms with Crippen molar-refractivity contribution < 1.29 is 14.6 Å². The Kier molecular flexibility index (Phi) is 5.47. The number of carbonyl (C=O) groups is 1. The molecule has 0 bridgehead atoms. The standard InChI is InChI=1S/C15H16N4O3S/c16-14(13(19-17)15(20)21)22-11-5-1-9(2-6-11)10-3-7-12(23-18)8-4-10/h1-8,19H,16-18H2,(H,20,21)/b14-13+. The Morgan fingerprint density at radius 3 is 2.00 bits per heavy atom. The van der Waals surface area contributed by atoms with Gasteiger partial charge in [-0.1, -0.05) is 24.3 Å². The number of rotatable bonds is 6. The predicted octanol–water partition coefficient (Wildman–Crippen LogP) is 1.37. The van der Waals surface area contributed by atoms with Crippen molar-refractivity contribution in [3.8, 4) is 16.9 Å². The lowest BCUT2D eigenvalue weighted by Crippen LogP contribution is -2.31. The average Bonchev–Trinajstić information content (AvgIpc) is 2.56. The van der Waals surface area contributed by atoms with E-state index in [4.69, 9.17) is 26.6 Å². The number of carboxylic acids is 1. The molecule has 2 rings (SSSR count). The van der Waals surface area contributed by atoms with Crippen molar-refractivity contribution in [3.63, 3.8) is 0 Å². The highest BCUT2D eigenvalue weighted by atomic mass is 32.2. The van der Waals surface area contributed by atoms with Gasteiger partial charge in [0.2, 0.25) is 5.88 Å². The minimum atomic E-state index is -1.31. The fourth-order valence-electron chi connectivity index (χ4n) is 1.86. The van der Waals surface area contributed by atoms with Crippen molar-refractivity contribution in [2.45, 2.75) is 4.90 Å². The molecular weight excluding hydrogens is 316 g/mol. The smallest absolute Gasteiger partial charge is 0.358 e. The summed E-state index contributed by atoms with van der Waals surface area (Å²) in [5.74, 6) is 3.86. The highest BCUT2D eigenvalue weighted by molar-refractivity contribution is 7.97. The Hall–Kier alpha value is -2.68. The summed E-state index contributed by atoms with van der Waals surface area (Å²) in [6, 6.07) is 14.8. The lowest BCUT2D eigenvalue weighted by molar-refractivity contribution is -0.133. The number of hydrazine groups is 1. The second-order valence-corrected chi connectivity index (χ2v) is 5.16. The monoisotopic (exact) mass is 332 g/mol. The zero-order chi connectivity index (χ0) is 16.8. The van der Waals surface area contributed by atoms with E-state index in [1.165, 1.54) is 11.9 Å². The largest absolute Gasteiger partial charge is 0.476 e. The SMILES string of the molecule is NN/C(C(=O)O)=C(\N)Oc1ccc(-c2ccc(SN)cc2)cc1. The van der Waals surface area contributed by atoms with Gasteiger partial charge in [0, 0.05) is 4.90 Å². The lowest BCUT2D eigenvalue weighted by Gasteiger charge is -2.10. The fourth-order valence-corrected chi connectivity index (χ4v) is 2.15. The van der Waals surface area contributed by atoms with Crippen LogP contribution in [0.1, 0.15) is 0 Å². The molecule has 8 heteroatoms. The van der Waals surface area contributed by atoms with Crippen molar-refractivity contribution in [2.75, 3.05) is 0 Å². The molecule has 0 atom stereocenters. The molecule has 0 heterocycles. The maximum Gasteiger partial charge on any atom is 0.358 e. The lowest BCUT2D eigenvalue weighted by atomic mass is 10.1. The molecule has 0 radical (unpaired) electrons. The molecular formula is C15H16N4O3S. The molecule has 0 aliphatic heterocycles. The van der Waals surface area contributed by atoms with Crippen LogP contribution in [-0.4, -0.2) is 11.1 Å². The molecule has 0 saturated carbocycles. The molecule has 0 amide bonds. The normalized spacial score (nSPS) is 11.6. The van der Waals surface area contributed by atoms with Gasteiger partial charge in [-0.15, -0.1) is 0 Å². The highest BCUT2D eigenvalue weighted by Crippen LogP contribution is 2.24. The van der Waals surface area contributed by atoms with Crippen molar-refractivity contribution in [2.24, 2.45) is 16.7 Å². The fraction of sp³-hybridized carbons (Fsp3) is 0. The third-order valence-electron chi connectivity index (χ3n) is 3.01. The van der Waals surface area contributed by atoms with Crippen LogP contribution in [0.2, 0.25) is 0 Å². The van der Waals surface area contributed by atoms with Gasteiger partial charge in [0.25, 0.3) is 0 Å². The molecule has 0 saturated heterocycles. The maximum atomic E-state index is 10.9. The van der Waals surface area contributed by atoms with Gasteiger partial charge in [0.15, 0.2) is 5.70 Å². The first kappa shape index (κ1) is 16.7. The summed E-state index contributed by atoms with van der Waals surface area (Å²) in [7, 11) is 0. The van der Waals surface area contributed by atoms with Gasteiger partial charge in [-0.05, 0) is 47.3 Å². The van der Waals surface area contributed by atoms with E-state index in [0.29, 0.717) is 5.75 Å². The molecule has 0 aliphatic rings. The van der Waals surface area contributed by atoms with E-state index in [0.717, 1.165) is 16.0 Å². The Morgan fingerprint density at radius 2 is 1.57 bits per heavy atom. The van der Waals surface area contributed by atoms with Gasteiger partial charge in [0.05, 0.1) is 0 Å². The van der Waals surface area contributed by atoms with Gasteiger partial charge >= 0.3 is 5.97 Å². The summed E-state index contributed by atoms with van der Waals surface area (Å²) in [6.07, 6.45) is 0. The van der Waals surface area contributed by atoms with Crippen molar-refractivity contribution in [3.05, 3.63) is 60.1 Å². The number of carboxylic acid groups (broad SMARTS) is 1. The second kappa shape index (κ2) is 7.54. The van der Waals surface area contributed by atoms with Crippen LogP contribution in [0, 0.1) is 0 Å². The van der Waals surface area contributed by atoms with Crippen LogP contribution in [-0.2, 0) is 4.79 Å². The van der Waals surface area contributed by atoms with Crippen LogP contribution in [0.5, 0.6) is 5.75 Å². The van der Waals surface area contributed by atoms with E-state index in [-0.39, 0.29) is 5.88 Å². The van der Waals surface area contributed by atoms with E-state index >= 15 is 0 Å². The number of benzene rings is 2. The summed E-state index contributed by atoms with van der Waals surface area (Å²) in [5, 5.41) is 14.4. The average molecular weight is 332 g/mol. The summed E-state index contributed by atoms with van der Waals surface area (Å²) in [5.41, 5.74) is 9.13. The molecule has 0 aliphatic carbocycles. The quantitative estimate of drug-likeness (QED) is 0.176. The zero-order valence-electron chi connectivity index (χ0n) is 12.0. The topological polar surface area (TPSA) is 137 Å². The van der Waals surface area contributed by atoms with Crippen LogP contribution in [0.15, 0.2) is 65.0 Å². The van der Waals surface area contributed by atoms with Gasteiger partial charge in [-0.2, -0.15) is 0 Å². The van der Waals surface area contributed by atoms with E-state index in [9.17, 15) is 4.79 Å². The van der Waals surface area contributed by atoms with Crippen molar-refractivity contribution in [1.29, 1.82) is 0 Å². The Balaban J connectivity index is 2.17. The minimum Gasteiger partial charge on any atom is -0.476 e. The number of hydrogen-bond acceptors (Lipinski definition) is 7. The summed E-state index contributed by atoms with van der Waals surface area (Å²) >= 11 is 1.19. The van der Waals surface area contributed by atoms with Crippen LogP contribution in [0.25, 0.3) is 11.1 Å². The first-order valence-corrected chi connectivity index (χ1v) is 7.38. The number of ether oxygens (including phenoxy) is 1. The third-order valence-corrected chi connectivity index (χ3v) is 3.55. The molecule has 120 valence electrons. The summed E-state index contributed by atoms with van der Waals surface area (Å²) in [4.78, 5) is 11.9. The van der Waals surface area contributed by atoms with Crippen LogP contribution < -0.4 is 26.9 Å². The van der Waals surface area contributed by atoms with E-state index in [2.05, 4.69) is 0 Å². The van der Waals surface area contributed by atoms with Crippen molar-refractivity contribution >= 4 is 17.9 Å². The van der Waals surface area contributed by atoms with E-state index in [1.807, 2.05) is 41.8 Å². The number of hydrogen-bond donors (Lipinski definition) is 5. The van der Waals surface area contributed by atoms with Crippen LogP contribution in [0.4, 0.5) is 0 Å². The Labute approximate surface area is 137 Å². The van der Waals surface area contributed by atoms with Gasteiger partial charge in [-0.3, -0.25) is 11.0 Å². The number of nitrogens with one attached hydrogen (secondary N) is 1. The van der Waals surface area contributed by atoms with Crippen LogP contribution >= 0.6 is 11.9 Å². The summed E-state index contributed by atoms with van der Waals surface area (Å²) in [6.45, 7) is 0. The predicted molar refractivity (Wildman–Crippen MR) is 88.7 cm³/mol. The molecule has 7 nitrogen and oxygen atoms in total. The summed E-state index contributed by atoms with van der Waals surface area (Å²) < 4.78 is 5.27. The maximum absolute atomic E-state index is 10.9. The van der Waals surface area contributed by atoms with E-state index in [1.54, 1.807) is 12.1 Å². The molecule has 8 N–H and O–H groups in total. The molecule has 0 aromatic heterocycles. The van der Waals surface area contributed by atoms with Gasteiger partial charge in [0.1, 0.15) is 5.75 Å². The number of nitrogens with two attached hydrogens (primary N) is 3. The van der Waals surface area contributed by atoms with Crippen molar-refractivity contribution in [1.82, 2.24) is 5.43 Å². The third kappa shape index (κ3) is 4.16. The molecule has 0 fully saturated rings. The molecule has 0 unspecified atom stereocenters. The Bertz CT molecular complexity index is 715. The Morgan fingerprint density at radius 1 is 1.04 bits per heavy atom. The second-order valence-electron chi connectivity index (χ2n) is 4.46. The molecule has 23 heavy (non-hydrogen) atoms. The van der Waals surface area contributed by atoms with Crippen LogP contribution in [0.3, 0.4) is 0 Å². The zero-order valence-corrected chi connectivity index (χ0v) is 12.8. The number of aliphatic carboxylic acids is 1. The van der Waals surface area contributed by atoms with Gasteiger partial charge in [-0.25, -0.2) is 4.79 Å².